The first-order chi connectivity index (χ1) is 18.1. The number of nitrogens with one attached hydrogen (secondary N) is 1. The average molecular weight is 554 g/mol. The first kappa shape index (κ1) is 30.2. The van der Waals surface area contributed by atoms with Crippen molar-refractivity contribution < 1.29 is 36.6 Å². The maximum absolute atomic E-state index is 14.5. The fourth-order valence-corrected chi connectivity index (χ4v) is 4.37. The Balaban J connectivity index is 1.86. The van der Waals surface area contributed by atoms with Crippen LogP contribution in [0.1, 0.15) is 60.8 Å². The molecule has 1 heterocycles. The molecule has 1 aliphatic heterocycles. The molecular formula is C28H35F4N3O4. The van der Waals surface area contributed by atoms with E-state index in [0.717, 1.165) is 12.1 Å². The van der Waals surface area contributed by atoms with E-state index < -0.39 is 46.8 Å². The highest BCUT2D eigenvalue weighted by molar-refractivity contribution is 5.95. The molecule has 3 rings (SSSR count). The van der Waals surface area contributed by atoms with E-state index >= 15 is 0 Å². The largest absolute Gasteiger partial charge is 0.484 e. The van der Waals surface area contributed by atoms with Crippen molar-refractivity contribution in [2.24, 2.45) is 0 Å². The minimum absolute atomic E-state index is 0.110. The van der Waals surface area contributed by atoms with Crippen LogP contribution in [0.25, 0.3) is 0 Å². The summed E-state index contributed by atoms with van der Waals surface area (Å²) >= 11 is 0. The molecule has 0 bridgehead atoms. The molecule has 1 fully saturated rings. The van der Waals surface area contributed by atoms with Crippen LogP contribution in [0, 0.1) is 12.7 Å². The van der Waals surface area contributed by atoms with Gasteiger partial charge in [0.1, 0.15) is 23.3 Å². The molecule has 7 nitrogen and oxygen atoms in total. The minimum Gasteiger partial charge on any atom is -0.484 e. The molecule has 1 unspecified atom stereocenters. The van der Waals surface area contributed by atoms with Crippen LogP contribution in [-0.4, -0.2) is 66.7 Å². The molecule has 11 heteroatoms. The highest BCUT2D eigenvalue weighted by Crippen LogP contribution is 2.36. The Bertz CT molecular complexity index is 1200. The van der Waals surface area contributed by atoms with Gasteiger partial charge in [-0.05, 0) is 70.0 Å². The molecule has 0 aromatic heterocycles. The molecule has 2 aromatic carbocycles. The van der Waals surface area contributed by atoms with Crippen molar-refractivity contribution in [3.05, 3.63) is 64.5 Å². The molecule has 1 N–H and O–H groups in total. The molecule has 214 valence electrons. The lowest BCUT2D eigenvalue weighted by atomic mass is 10.0. The maximum Gasteiger partial charge on any atom is 0.417 e. The maximum atomic E-state index is 14.5. The Morgan fingerprint density at radius 1 is 1.10 bits per heavy atom. The molecule has 0 saturated carbocycles. The quantitative estimate of drug-likeness (QED) is 0.474. The van der Waals surface area contributed by atoms with E-state index in [4.69, 9.17) is 9.47 Å². The summed E-state index contributed by atoms with van der Waals surface area (Å²) in [5.74, 6) is -1.44. The van der Waals surface area contributed by atoms with Crippen molar-refractivity contribution in [3.63, 3.8) is 0 Å². The molecule has 2 amide bonds. The predicted molar refractivity (Wildman–Crippen MR) is 138 cm³/mol. The Labute approximate surface area is 226 Å². The number of rotatable bonds is 6. The van der Waals surface area contributed by atoms with Gasteiger partial charge in [0.15, 0.2) is 0 Å². The lowest BCUT2D eigenvalue weighted by molar-refractivity contribution is -0.138. The van der Waals surface area contributed by atoms with Gasteiger partial charge in [-0.2, -0.15) is 13.2 Å². The predicted octanol–water partition coefficient (Wildman–Crippen LogP) is 5.57. The monoisotopic (exact) mass is 553 g/mol. The zero-order valence-electron chi connectivity index (χ0n) is 23.0. The molecule has 1 saturated heterocycles. The zero-order valence-corrected chi connectivity index (χ0v) is 23.0. The van der Waals surface area contributed by atoms with Crippen LogP contribution in [0.5, 0.6) is 5.75 Å². The van der Waals surface area contributed by atoms with Crippen molar-refractivity contribution in [2.75, 3.05) is 33.2 Å². The number of carbonyl (C=O) groups is 2. The van der Waals surface area contributed by atoms with Crippen molar-refractivity contribution in [2.45, 2.75) is 58.5 Å². The van der Waals surface area contributed by atoms with Gasteiger partial charge < -0.3 is 19.7 Å². The molecule has 0 aliphatic carbocycles. The van der Waals surface area contributed by atoms with Crippen molar-refractivity contribution in [1.82, 2.24) is 15.1 Å². The van der Waals surface area contributed by atoms with Gasteiger partial charge in [-0.15, -0.1) is 0 Å². The van der Waals surface area contributed by atoms with E-state index in [1.165, 1.54) is 19.2 Å². The van der Waals surface area contributed by atoms with E-state index in [-0.39, 0.29) is 18.3 Å². The third-order valence-corrected chi connectivity index (χ3v) is 6.38. The van der Waals surface area contributed by atoms with Gasteiger partial charge in [-0.3, -0.25) is 9.69 Å². The van der Waals surface area contributed by atoms with Crippen LogP contribution < -0.4 is 10.1 Å². The van der Waals surface area contributed by atoms with Gasteiger partial charge in [0, 0.05) is 39.3 Å². The first-order valence-corrected chi connectivity index (χ1v) is 12.7. The summed E-state index contributed by atoms with van der Waals surface area (Å²) in [4.78, 5) is 28.3. The first-order valence-electron chi connectivity index (χ1n) is 12.7. The summed E-state index contributed by atoms with van der Waals surface area (Å²) in [6, 6.07) is 7.50. The van der Waals surface area contributed by atoms with E-state index in [1.807, 2.05) is 11.8 Å². The molecule has 39 heavy (non-hydrogen) atoms. The number of carbonyl (C=O) groups excluding carboxylic acids is 2. The van der Waals surface area contributed by atoms with E-state index in [9.17, 15) is 27.2 Å². The minimum atomic E-state index is -4.79. The van der Waals surface area contributed by atoms with Crippen molar-refractivity contribution in [1.29, 1.82) is 0 Å². The topological polar surface area (TPSA) is 71.1 Å². The molecule has 2 aromatic rings. The lowest BCUT2D eigenvalue weighted by Crippen LogP contribution is -2.55. The van der Waals surface area contributed by atoms with Gasteiger partial charge in [0.2, 0.25) is 0 Å². The summed E-state index contributed by atoms with van der Waals surface area (Å²) in [5.41, 5.74) is -1.42. The zero-order chi connectivity index (χ0) is 29.1. The third-order valence-electron chi connectivity index (χ3n) is 6.38. The number of aryl methyl sites for hydroxylation is 1. The SMILES string of the molecule is CNC(=O)c1ccc(OC(CN2CCN(C(=O)OC(C)(C)C)[C@H](C)C2)c2ccc(C)c(F)c2)cc1C(F)(F)F. The number of benzene rings is 2. The fraction of sp³-hybridized carbons (Fsp3) is 0.500. The van der Waals surface area contributed by atoms with Crippen LogP contribution in [-0.2, 0) is 10.9 Å². The highest BCUT2D eigenvalue weighted by Gasteiger charge is 2.36. The van der Waals surface area contributed by atoms with Crippen LogP contribution in [0.4, 0.5) is 22.4 Å². The van der Waals surface area contributed by atoms with Crippen molar-refractivity contribution >= 4 is 12.0 Å². The summed E-state index contributed by atoms with van der Waals surface area (Å²) in [6.07, 6.45) is -6.04. The average Bonchev–Trinajstić information content (AvgIpc) is 2.83. The second-order valence-corrected chi connectivity index (χ2v) is 10.7. The smallest absolute Gasteiger partial charge is 0.417 e. The summed E-state index contributed by atoms with van der Waals surface area (Å²) < 4.78 is 67.3. The Kier molecular flexibility index (Phi) is 9.15. The molecule has 0 radical (unpaired) electrons. The normalized spacial score (nSPS) is 17.5. The van der Waals surface area contributed by atoms with Gasteiger partial charge in [-0.25, -0.2) is 9.18 Å². The standard InChI is InChI=1S/C28H35F4N3O4/c1-17-7-8-19(13-23(17)29)24(16-34-11-12-35(18(2)15-34)26(37)39-27(3,4)5)38-20-9-10-21(25(36)33-6)22(14-20)28(30,31)32/h7-10,13-14,18,24H,11-12,15-16H2,1-6H3,(H,33,36)/t18-,24?/m1/s1. The van der Waals surface area contributed by atoms with E-state index in [1.54, 1.807) is 44.7 Å². The van der Waals surface area contributed by atoms with Crippen LogP contribution in [0.2, 0.25) is 0 Å². The van der Waals surface area contributed by atoms with Gasteiger partial charge in [-0.1, -0.05) is 12.1 Å². The number of halogens is 4. The number of hydrogen-bond donors (Lipinski definition) is 1. The van der Waals surface area contributed by atoms with Gasteiger partial charge >= 0.3 is 12.3 Å². The summed E-state index contributed by atoms with van der Waals surface area (Å²) in [6.45, 7) is 10.4. The van der Waals surface area contributed by atoms with Crippen LogP contribution in [0.3, 0.4) is 0 Å². The number of amides is 2. The second-order valence-electron chi connectivity index (χ2n) is 10.7. The second kappa shape index (κ2) is 11.8. The van der Waals surface area contributed by atoms with Crippen molar-refractivity contribution in [3.8, 4) is 5.75 Å². The Morgan fingerprint density at radius 3 is 2.36 bits per heavy atom. The molecule has 0 spiro atoms. The van der Waals surface area contributed by atoms with E-state index in [2.05, 4.69) is 5.32 Å². The number of hydrogen-bond acceptors (Lipinski definition) is 5. The number of ether oxygens (including phenoxy) is 2. The molecule has 1 aliphatic rings. The van der Waals surface area contributed by atoms with Crippen LogP contribution in [0.15, 0.2) is 36.4 Å². The fourth-order valence-electron chi connectivity index (χ4n) is 4.37. The lowest BCUT2D eigenvalue weighted by Gasteiger charge is -2.41. The van der Waals surface area contributed by atoms with Crippen LogP contribution >= 0.6 is 0 Å². The highest BCUT2D eigenvalue weighted by atomic mass is 19.4. The summed E-state index contributed by atoms with van der Waals surface area (Å²) in [5, 5.41) is 2.21. The number of nitrogens with zero attached hydrogens (tertiary/aromatic N) is 2. The Morgan fingerprint density at radius 2 is 1.79 bits per heavy atom. The Hall–Kier alpha value is -3.34. The number of alkyl halides is 3. The third kappa shape index (κ3) is 7.84. The van der Waals surface area contributed by atoms with E-state index in [0.29, 0.717) is 30.8 Å². The van der Waals surface area contributed by atoms with Gasteiger partial charge in [0.05, 0.1) is 11.1 Å². The summed E-state index contributed by atoms with van der Waals surface area (Å²) in [7, 11) is 1.25. The van der Waals surface area contributed by atoms with Gasteiger partial charge in [0.25, 0.3) is 5.91 Å². The molecule has 2 atom stereocenters. The molecular weight excluding hydrogens is 518 g/mol. The number of piperazine rings is 1.